The Morgan fingerprint density at radius 1 is 1.18 bits per heavy atom. The summed E-state index contributed by atoms with van der Waals surface area (Å²) in [5.41, 5.74) is 0. The number of allylic oxidation sites excluding steroid dienone is 2. The molecule has 0 saturated heterocycles. The molecule has 0 aliphatic heterocycles. The van der Waals surface area contributed by atoms with E-state index in [4.69, 9.17) is 4.74 Å². The molecule has 0 aromatic carbocycles. The van der Waals surface area contributed by atoms with Crippen LogP contribution in [-0.2, 0) is 14.3 Å². The van der Waals surface area contributed by atoms with E-state index < -0.39 is 12.1 Å². The molecule has 0 amide bonds. The van der Waals surface area contributed by atoms with Gasteiger partial charge in [-0.1, -0.05) is 45.3 Å². The molecular formula is C19H24O3. The van der Waals surface area contributed by atoms with Gasteiger partial charge in [-0.2, -0.15) is 0 Å². The van der Waals surface area contributed by atoms with Crippen molar-refractivity contribution in [1.82, 2.24) is 0 Å². The van der Waals surface area contributed by atoms with Crippen molar-refractivity contribution in [1.29, 1.82) is 0 Å². The molecule has 0 radical (unpaired) electrons. The molecule has 118 valence electrons. The molecule has 0 fully saturated rings. The average molecular weight is 300 g/mol. The van der Waals surface area contributed by atoms with Gasteiger partial charge in [0.05, 0.1) is 0 Å². The molecule has 22 heavy (non-hydrogen) atoms. The van der Waals surface area contributed by atoms with Crippen LogP contribution in [0.3, 0.4) is 0 Å². The maximum Gasteiger partial charge on any atom is 0.304 e. The highest BCUT2D eigenvalue weighted by Crippen LogP contribution is 2.06. The third-order valence-electron chi connectivity index (χ3n) is 2.73. The fourth-order valence-electron chi connectivity index (χ4n) is 1.63. The molecule has 0 rings (SSSR count). The van der Waals surface area contributed by atoms with Crippen LogP contribution in [0.15, 0.2) is 24.8 Å². The summed E-state index contributed by atoms with van der Waals surface area (Å²) >= 11 is 0. The standard InChI is InChI=1S/C19H24O3/c1-4-6-7-8-9-10-11-15-19(22-17(3)20)16-13-12-14-18(21)5-2/h5,11,15,19H,2,4,6-10H2,1,3H3/b15-11-/t19-/m0/s1. The van der Waals surface area contributed by atoms with Crippen molar-refractivity contribution in [2.24, 2.45) is 0 Å². The van der Waals surface area contributed by atoms with Crippen molar-refractivity contribution in [3.63, 3.8) is 0 Å². The lowest BCUT2D eigenvalue weighted by molar-refractivity contribution is -0.142. The van der Waals surface area contributed by atoms with Crippen LogP contribution in [0.25, 0.3) is 0 Å². The highest BCUT2D eigenvalue weighted by molar-refractivity contribution is 6.04. The smallest absolute Gasteiger partial charge is 0.304 e. The predicted molar refractivity (Wildman–Crippen MR) is 88.8 cm³/mol. The number of unbranched alkanes of at least 4 members (excludes halogenated alkanes) is 5. The number of esters is 1. The van der Waals surface area contributed by atoms with E-state index in [-0.39, 0.29) is 5.78 Å². The summed E-state index contributed by atoms with van der Waals surface area (Å²) in [5.74, 6) is 9.13. The predicted octanol–water partition coefficient (Wildman–Crippen LogP) is 3.60. The Morgan fingerprint density at radius 2 is 1.91 bits per heavy atom. The molecule has 0 spiro atoms. The van der Waals surface area contributed by atoms with Gasteiger partial charge in [-0.05, 0) is 48.7 Å². The first-order valence-corrected chi connectivity index (χ1v) is 7.62. The number of ketones is 1. The molecule has 0 saturated carbocycles. The van der Waals surface area contributed by atoms with Gasteiger partial charge in [0, 0.05) is 6.92 Å². The van der Waals surface area contributed by atoms with E-state index >= 15 is 0 Å². The molecule has 0 aliphatic carbocycles. The van der Waals surface area contributed by atoms with Gasteiger partial charge in [0.2, 0.25) is 5.78 Å². The second kappa shape index (κ2) is 13.7. The fraction of sp³-hybridized carbons (Fsp3) is 0.474. The molecule has 0 unspecified atom stereocenters. The molecule has 0 aromatic heterocycles. The number of hydrogen-bond donors (Lipinski definition) is 0. The topological polar surface area (TPSA) is 43.4 Å². The van der Waals surface area contributed by atoms with E-state index in [0.717, 1.165) is 18.9 Å². The quantitative estimate of drug-likeness (QED) is 0.163. The SMILES string of the molecule is C=CC(=O)C#CC#C[C@H](/C=C\CCCCCCC)OC(C)=O. The maximum atomic E-state index is 11.0. The Balaban J connectivity index is 4.36. The van der Waals surface area contributed by atoms with E-state index in [1.54, 1.807) is 6.08 Å². The Hall–Kier alpha value is -2.26. The molecule has 3 nitrogen and oxygen atoms in total. The van der Waals surface area contributed by atoms with Crippen LogP contribution in [0.4, 0.5) is 0 Å². The first-order valence-electron chi connectivity index (χ1n) is 7.62. The number of hydrogen-bond acceptors (Lipinski definition) is 3. The van der Waals surface area contributed by atoms with Crippen LogP contribution in [0.5, 0.6) is 0 Å². The lowest BCUT2D eigenvalue weighted by Crippen LogP contribution is -2.11. The van der Waals surface area contributed by atoms with E-state index in [2.05, 4.69) is 37.2 Å². The van der Waals surface area contributed by atoms with Gasteiger partial charge >= 0.3 is 5.97 Å². The third-order valence-corrected chi connectivity index (χ3v) is 2.73. The molecule has 0 aliphatic rings. The van der Waals surface area contributed by atoms with Crippen LogP contribution >= 0.6 is 0 Å². The molecule has 1 atom stereocenters. The minimum Gasteiger partial charge on any atom is -0.445 e. The van der Waals surface area contributed by atoms with Gasteiger partial charge < -0.3 is 4.74 Å². The van der Waals surface area contributed by atoms with Crippen molar-refractivity contribution in [3.8, 4) is 23.7 Å². The first-order chi connectivity index (χ1) is 10.6. The number of carbonyl (C=O) groups is 2. The average Bonchev–Trinajstić information content (AvgIpc) is 2.49. The summed E-state index contributed by atoms with van der Waals surface area (Å²) in [5, 5.41) is 0. The summed E-state index contributed by atoms with van der Waals surface area (Å²) in [4.78, 5) is 21.9. The van der Waals surface area contributed by atoms with Crippen molar-refractivity contribution in [2.75, 3.05) is 0 Å². The molecule has 3 heteroatoms. The molecule has 0 N–H and O–H groups in total. The molecule has 0 aromatic rings. The van der Waals surface area contributed by atoms with Crippen molar-refractivity contribution in [2.45, 2.75) is 58.5 Å². The number of ether oxygens (including phenoxy) is 1. The van der Waals surface area contributed by atoms with Crippen LogP contribution < -0.4 is 0 Å². The van der Waals surface area contributed by atoms with Crippen LogP contribution in [0.2, 0.25) is 0 Å². The third kappa shape index (κ3) is 12.8. The van der Waals surface area contributed by atoms with Gasteiger partial charge in [-0.3, -0.25) is 9.59 Å². The normalized spacial score (nSPS) is 10.8. The zero-order valence-corrected chi connectivity index (χ0v) is 13.5. The van der Waals surface area contributed by atoms with Gasteiger partial charge in [-0.15, -0.1) is 0 Å². The number of rotatable bonds is 9. The Morgan fingerprint density at radius 3 is 2.55 bits per heavy atom. The van der Waals surface area contributed by atoms with E-state index in [0.29, 0.717) is 0 Å². The van der Waals surface area contributed by atoms with Gasteiger partial charge in [0.1, 0.15) is 0 Å². The first kappa shape index (κ1) is 19.7. The summed E-state index contributed by atoms with van der Waals surface area (Å²) < 4.78 is 5.06. The van der Waals surface area contributed by atoms with E-state index in [1.165, 1.54) is 32.6 Å². The Labute approximate surface area is 133 Å². The van der Waals surface area contributed by atoms with E-state index in [9.17, 15) is 9.59 Å². The number of carbonyl (C=O) groups excluding carboxylic acids is 2. The summed E-state index contributed by atoms with van der Waals surface area (Å²) in [6, 6.07) is 0. The minimum absolute atomic E-state index is 0.388. The summed E-state index contributed by atoms with van der Waals surface area (Å²) in [6.07, 6.45) is 11.2. The largest absolute Gasteiger partial charge is 0.445 e. The second-order valence-electron chi connectivity index (χ2n) is 4.75. The Bertz CT molecular complexity index is 506. The van der Waals surface area contributed by atoms with E-state index in [1.807, 2.05) is 6.08 Å². The summed E-state index contributed by atoms with van der Waals surface area (Å²) in [7, 11) is 0. The highest BCUT2D eigenvalue weighted by atomic mass is 16.5. The lowest BCUT2D eigenvalue weighted by Gasteiger charge is -2.05. The second-order valence-corrected chi connectivity index (χ2v) is 4.75. The maximum absolute atomic E-state index is 11.0. The fourth-order valence-corrected chi connectivity index (χ4v) is 1.63. The Kier molecular flexibility index (Phi) is 12.3. The molecular weight excluding hydrogens is 276 g/mol. The van der Waals surface area contributed by atoms with Crippen LogP contribution in [0.1, 0.15) is 52.4 Å². The van der Waals surface area contributed by atoms with Gasteiger partial charge in [0.15, 0.2) is 6.10 Å². The van der Waals surface area contributed by atoms with Crippen molar-refractivity contribution >= 4 is 11.8 Å². The molecule has 0 heterocycles. The summed E-state index contributed by atoms with van der Waals surface area (Å²) in [6.45, 7) is 6.83. The highest BCUT2D eigenvalue weighted by Gasteiger charge is 2.02. The van der Waals surface area contributed by atoms with Crippen molar-refractivity contribution < 1.29 is 14.3 Å². The van der Waals surface area contributed by atoms with Gasteiger partial charge in [0.25, 0.3) is 0 Å². The van der Waals surface area contributed by atoms with Crippen LogP contribution in [0, 0.1) is 23.7 Å². The molecule has 0 bridgehead atoms. The monoisotopic (exact) mass is 300 g/mol. The lowest BCUT2D eigenvalue weighted by atomic mass is 10.1. The van der Waals surface area contributed by atoms with Gasteiger partial charge in [-0.25, -0.2) is 0 Å². The zero-order valence-electron chi connectivity index (χ0n) is 13.5. The zero-order chi connectivity index (χ0) is 16.6. The van der Waals surface area contributed by atoms with Crippen LogP contribution in [-0.4, -0.2) is 17.9 Å². The minimum atomic E-state index is -0.624. The van der Waals surface area contributed by atoms with Crippen molar-refractivity contribution in [3.05, 3.63) is 24.8 Å².